The zero-order valence-electron chi connectivity index (χ0n) is 28.5. The van der Waals surface area contributed by atoms with Gasteiger partial charge in [-0.1, -0.05) is 119 Å². The first-order valence-electron chi connectivity index (χ1n) is 13.2. The Morgan fingerprint density at radius 3 is 1.15 bits per heavy atom. The Bertz CT molecular complexity index is 1240. The van der Waals surface area contributed by atoms with Crippen LogP contribution < -0.4 is 0 Å². The van der Waals surface area contributed by atoms with E-state index in [1.807, 2.05) is 24.3 Å². The molecule has 0 amide bonds. The zero-order chi connectivity index (χ0) is 30.6. The van der Waals surface area contributed by atoms with Gasteiger partial charge in [-0.3, -0.25) is 4.52 Å². The summed E-state index contributed by atoms with van der Waals surface area (Å²) in [7, 11) is -10.6. The van der Waals surface area contributed by atoms with Crippen LogP contribution in [0, 0.1) is 0 Å². The summed E-state index contributed by atoms with van der Waals surface area (Å²) in [6.07, 6.45) is 0. The third-order valence-corrected chi connectivity index (χ3v) is 9.19. The smallest absolute Gasteiger partial charge is 1.00 e. The minimum absolute atomic E-state index is 0. The molecule has 224 valence electrons. The van der Waals surface area contributed by atoms with Crippen LogP contribution in [-0.2, 0) is 45.2 Å². The van der Waals surface area contributed by atoms with E-state index in [0.29, 0.717) is 11.1 Å². The molecule has 2 aromatic rings. The Hall–Kier alpha value is -0.534. The van der Waals surface area contributed by atoms with E-state index in [9.17, 15) is 23.8 Å². The standard InChI is InChI=1S/C30H48O7P2.Mg.2H/c1-26(2,3)20-14-16-22(24(18-20)28(7,8)9)30(13,36-39(34,35)37-38(31,32)33)23-17-15-21(27(4,5)6)19-25(23)29(10,11)12;;;/h14-19H,1-13H3,(H,34,35)(H2,31,32,33);;;/q;+2;2*-1. The molecule has 1 unspecified atom stereocenters. The maximum atomic E-state index is 13.2. The summed E-state index contributed by atoms with van der Waals surface area (Å²) >= 11 is 0. The van der Waals surface area contributed by atoms with Gasteiger partial charge in [0.25, 0.3) is 0 Å². The van der Waals surface area contributed by atoms with Crippen molar-refractivity contribution in [3.8, 4) is 0 Å². The molecule has 0 saturated heterocycles. The molecule has 0 aliphatic carbocycles. The quantitative estimate of drug-likeness (QED) is 0.224. The van der Waals surface area contributed by atoms with Gasteiger partial charge in [0.15, 0.2) is 0 Å². The summed E-state index contributed by atoms with van der Waals surface area (Å²) in [6.45, 7) is 26.7. The van der Waals surface area contributed by atoms with E-state index >= 15 is 0 Å². The fourth-order valence-corrected chi connectivity index (χ4v) is 6.59. The molecule has 2 rings (SSSR count). The minimum atomic E-state index is -5.34. The molecule has 0 radical (unpaired) electrons. The van der Waals surface area contributed by atoms with Crippen LogP contribution in [0.2, 0.25) is 0 Å². The van der Waals surface area contributed by atoms with Crippen LogP contribution >= 0.6 is 15.6 Å². The third kappa shape index (κ3) is 9.23. The van der Waals surface area contributed by atoms with Gasteiger partial charge in [0.05, 0.1) is 0 Å². The van der Waals surface area contributed by atoms with Crippen molar-refractivity contribution in [2.75, 3.05) is 0 Å². The van der Waals surface area contributed by atoms with Crippen LogP contribution in [0.15, 0.2) is 36.4 Å². The summed E-state index contributed by atoms with van der Waals surface area (Å²) in [4.78, 5) is 29.5. The van der Waals surface area contributed by atoms with Crippen molar-refractivity contribution in [3.63, 3.8) is 0 Å². The van der Waals surface area contributed by atoms with Crippen LogP contribution in [0.1, 0.15) is 126 Å². The van der Waals surface area contributed by atoms with E-state index in [-0.39, 0.29) is 36.7 Å². The number of benzene rings is 2. The third-order valence-electron chi connectivity index (χ3n) is 6.92. The fourth-order valence-electron chi connectivity index (χ4n) is 4.72. The van der Waals surface area contributed by atoms with Crippen molar-refractivity contribution < 1.29 is 35.5 Å². The summed E-state index contributed by atoms with van der Waals surface area (Å²) in [5.41, 5.74) is 2.41. The molecule has 40 heavy (non-hydrogen) atoms. The summed E-state index contributed by atoms with van der Waals surface area (Å²) in [6, 6.07) is 11.9. The molecule has 2 aromatic carbocycles. The van der Waals surface area contributed by atoms with E-state index < -0.39 is 32.1 Å². The first kappa shape index (κ1) is 37.5. The van der Waals surface area contributed by atoms with Crippen LogP contribution in [0.25, 0.3) is 0 Å². The normalized spacial score (nSPS) is 15.4. The van der Waals surface area contributed by atoms with Gasteiger partial charge in [0.2, 0.25) is 0 Å². The Morgan fingerprint density at radius 1 is 0.575 bits per heavy atom. The number of hydrogen-bond donors (Lipinski definition) is 3. The molecule has 0 bridgehead atoms. The molecule has 0 heterocycles. The largest absolute Gasteiger partial charge is 2.00 e. The molecule has 0 spiro atoms. The number of hydrogen-bond acceptors (Lipinski definition) is 4. The van der Waals surface area contributed by atoms with Crippen molar-refractivity contribution >= 4 is 38.7 Å². The van der Waals surface area contributed by atoms with Crippen LogP contribution in [0.4, 0.5) is 0 Å². The molecule has 0 aromatic heterocycles. The van der Waals surface area contributed by atoms with Crippen LogP contribution in [0.3, 0.4) is 0 Å². The maximum Gasteiger partial charge on any atom is 2.00 e. The topological polar surface area (TPSA) is 113 Å². The maximum absolute atomic E-state index is 13.2. The van der Waals surface area contributed by atoms with E-state index in [1.165, 1.54) is 0 Å². The monoisotopic (exact) mass is 608 g/mol. The molecule has 1 atom stereocenters. The number of phosphoric acid groups is 2. The molecule has 0 aliphatic heterocycles. The SMILES string of the molecule is CC(C)(C)c1ccc(C(C)(OP(=O)(O)OP(=O)(O)O)c2ccc(C(C)(C)C)cc2C(C)(C)C)c(C(C)(C)C)c1.[H-].[H-].[Mg+2]. The molecule has 7 nitrogen and oxygen atoms in total. The van der Waals surface area contributed by atoms with Gasteiger partial charge in [0.1, 0.15) is 5.60 Å². The van der Waals surface area contributed by atoms with E-state index in [4.69, 9.17) is 4.52 Å². The molecule has 3 N–H and O–H groups in total. The second kappa shape index (κ2) is 11.9. The molecular weight excluding hydrogens is 559 g/mol. The van der Waals surface area contributed by atoms with Crippen molar-refractivity contribution in [2.45, 2.75) is 117 Å². The van der Waals surface area contributed by atoms with E-state index in [1.54, 1.807) is 6.92 Å². The van der Waals surface area contributed by atoms with Gasteiger partial charge in [-0.05, 0) is 62.0 Å². The van der Waals surface area contributed by atoms with Gasteiger partial charge >= 0.3 is 38.7 Å². The summed E-state index contributed by atoms with van der Waals surface area (Å²) in [5.74, 6) is 0. The van der Waals surface area contributed by atoms with Crippen molar-refractivity contribution in [3.05, 3.63) is 69.8 Å². The van der Waals surface area contributed by atoms with Gasteiger partial charge < -0.3 is 17.5 Å². The van der Waals surface area contributed by atoms with Gasteiger partial charge in [0, 0.05) is 0 Å². The molecule has 10 heteroatoms. The van der Waals surface area contributed by atoms with Crippen molar-refractivity contribution in [2.24, 2.45) is 0 Å². The van der Waals surface area contributed by atoms with Crippen LogP contribution in [0.5, 0.6) is 0 Å². The first-order valence-corrected chi connectivity index (χ1v) is 16.2. The second-order valence-electron chi connectivity index (χ2n) is 14.7. The Labute approximate surface area is 260 Å². The Balaban J connectivity index is 0. The predicted molar refractivity (Wildman–Crippen MR) is 166 cm³/mol. The molecule has 0 aliphatic rings. The van der Waals surface area contributed by atoms with Crippen molar-refractivity contribution in [1.29, 1.82) is 0 Å². The van der Waals surface area contributed by atoms with E-state index in [2.05, 4.69) is 99.5 Å². The first-order chi connectivity index (χ1) is 17.1. The molecule has 0 saturated carbocycles. The minimum Gasteiger partial charge on any atom is -1.00 e. The van der Waals surface area contributed by atoms with Gasteiger partial charge in [-0.15, -0.1) is 0 Å². The second-order valence-corrected chi connectivity index (χ2v) is 17.4. The average molecular weight is 609 g/mol. The van der Waals surface area contributed by atoms with Crippen LogP contribution in [-0.4, -0.2) is 37.7 Å². The van der Waals surface area contributed by atoms with Crippen molar-refractivity contribution in [1.82, 2.24) is 0 Å². The van der Waals surface area contributed by atoms with Gasteiger partial charge in [-0.25, -0.2) is 9.13 Å². The zero-order valence-corrected chi connectivity index (χ0v) is 29.7. The number of phosphoric ester groups is 1. The predicted octanol–water partition coefficient (Wildman–Crippen LogP) is 8.21. The molecular formula is C30H50MgO7P2. The Kier molecular flexibility index (Phi) is 11.1. The fraction of sp³-hybridized carbons (Fsp3) is 0.600. The van der Waals surface area contributed by atoms with E-state index in [0.717, 1.165) is 22.3 Å². The Morgan fingerprint density at radius 2 is 0.900 bits per heavy atom. The number of rotatable bonds is 6. The van der Waals surface area contributed by atoms with Gasteiger partial charge in [-0.2, -0.15) is 4.31 Å². The summed E-state index contributed by atoms with van der Waals surface area (Å²) < 4.78 is 35.0. The molecule has 0 fully saturated rings. The summed E-state index contributed by atoms with van der Waals surface area (Å²) in [5, 5.41) is 0. The average Bonchev–Trinajstić information content (AvgIpc) is 2.68.